The van der Waals surface area contributed by atoms with Gasteiger partial charge in [0.25, 0.3) is 0 Å². The second-order valence-corrected chi connectivity index (χ2v) is 5.77. The highest BCUT2D eigenvalue weighted by Gasteiger charge is 2.16. The molecule has 1 N–H and O–H groups in total. The number of carbonyl (C=O) groups excluding carboxylic acids is 1. The number of nitrogens with one attached hydrogen (secondary N) is 1. The molecule has 0 atom stereocenters. The molecule has 0 saturated heterocycles. The molecule has 0 amide bonds. The molecule has 5 heteroatoms. The van der Waals surface area contributed by atoms with Gasteiger partial charge in [0.05, 0.1) is 12.8 Å². The van der Waals surface area contributed by atoms with Gasteiger partial charge in [0.1, 0.15) is 11.5 Å². The lowest BCUT2D eigenvalue weighted by atomic mass is 10.0. The van der Waals surface area contributed by atoms with Crippen LogP contribution in [0.4, 0.5) is 5.69 Å². The van der Waals surface area contributed by atoms with Crippen molar-refractivity contribution in [3.8, 4) is 11.5 Å². The Labute approximate surface area is 139 Å². The summed E-state index contributed by atoms with van der Waals surface area (Å²) in [6.45, 7) is 3.72. The number of hydrogen-bond donors (Lipinski definition) is 1. The Kier molecular flexibility index (Phi) is 4.26. The normalized spacial score (nSPS) is 12.3. The van der Waals surface area contributed by atoms with Crippen LogP contribution in [0, 0.1) is 0 Å². The summed E-state index contributed by atoms with van der Waals surface area (Å²) in [7, 11) is 1.58. The van der Waals surface area contributed by atoms with Crippen molar-refractivity contribution in [3.63, 3.8) is 0 Å². The monoisotopic (exact) mass is 329 g/mol. The number of anilines is 1. The standard InChI is InChI=1S/C18H16ClNO3/c1-11-20-16-5-3-12(8-18(16)23-11)7-15(21)10-13-9-14(19)4-6-17(13)22-2/h3-6,8-9,20H,1,7,10H2,2H3. The summed E-state index contributed by atoms with van der Waals surface area (Å²) < 4.78 is 10.7. The fraction of sp³-hybridized carbons (Fsp3) is 0.167. The average molecular weight is 330 g/mol. The van der Waals surface area contributed by atoms with Crippen LogP contribution >= 0.6 is 11.6 Å². The van der Waals surface area contributed by atoms with Gasteiger partial charge in [0.15, 0.2) is 11.6 Å². The lowest BCUT2D eigenvalue weighted by Crippen LogP contribution is -2.07. The van der Waals surface area contributed by atoms with Crippen molar-refractivity contribution in [2.75, 3.05) is 12.4 Å². The third kappa shape index (κ3) is 3.48. The first kappa shape index (κ1) is 15.4. The summed E-state index contributed by atoms with van der Waals surface area (Å²) in [5.41, 5.74) is 2.55. The highest BCUT2D eigenvalue weighted by molar-refractivity contribution is 6.30. The average Bonchev–Trinajstić information content (AvgIpc) is 2.86. The Bertz CT molecular complexity index is 786. The number of methoxy groups -OCH3 is 1. The van der Waals surface area contributed by atoms with Crippen molar-refractivity contribution < 1.29 is 14.3 Å². The second kappa shape index (κ2) is 6.34. The molecule has 3 rings (SSSR count). The first-order chi connectivity index (χ1) is 11.0. The number of fused-ring (bicyclic) bond motifs is 1. The van der Waals surface area contributed by atoms with Crippen LogP contribution < -0.4 is 14.8 Å². The third-order valence-corrected chi connectivity index (χ3v) is 3.82. The molecular formula is C18H16ClNO3. The summed E-state index contributed by atoms with van der Waals surface area (Å²) in [5, 5.41) is 3.59. The van der Waals surface area contributed by atoms with E-state index in [1.807, 2.05) is 18.2 Å². The van der Waals surface area contributed by atoms with Gasteiger partial charge in [0.2, 0.25) is 0 Å². The number of rotatable bonds is 5. The minimum atomic E-state index is 0.0790. The first-order valence-electron chi connectivity index (χ1n) is 7.16. The smallest absolute Gasteiger partial charge is 0.190 e. The fourth-order valence-electron chi connectivity index (χ4n) is 2.56. The van der Waals surface area contributed by atoms with E-state index < -0.39 is 0 Å². The number of ether oxygens (including phenoxy) is 2. The molecule has 0 fully saturated rings. The van der Waals surface area contributed by atoms with E-state index in [2.05, 4.69) is 11.9 Å². The molecule has 0 aromatic heterocycles. The van der Waals surface area contributed by atoms with Crippen molar-refractivity contribution in [1.29, 1.82) is 0 Å². The maximum absolute atomic E-state index is 12.4. The van der Waals surface area contributed by atoms with Crippen molar-refractivity contribution in [2.24, 2.45) is 0 Å². The minimum Gasteiger partial charge on any atom is -0.496 e. The summed E-state index contributed by atoms with van der Waals surface area (Å²) in [6, 6.07) is 10.9. The van der Waals surface area contributed by atoms with E-state index in [9.17, 15) is 4.79 Å². The molecule has 2 aromatic rings. The topological polar surface area (TPSA) is 47.6 Å². The van der Waals surface area contributed by atoms with E-state index in [0.29, 0.717) is 28.8 Å². The van der Waals surface area contributed by atoms with Crippen LogP contribution in [0.15, 0.2) is 48.9 Å². The molecule has 2 aromatic carbocycles. The molecule has 23 heavy (non-hydrogen) atoms. The second-order valence-electron chi connectivity index (χ2n) is 5.33. The number of carbonyl (C=O) groups is 1. The number of ketones is 1. The Morgan fingerprint density at radius 2 is 2.09 bits per heavy atom. The lowest BCUT2D eigenvalue weighted by Gasteiger charge is -2.09. The number of hydrogen-bond acceptors (Lipinski definition) is 4. The SMILES string of the molecule is C=C1Nc2ccc(CC(=O)Cc3cc(Cl)ccc3OC)cc2O1. The summed E-state index contributed by atoms with van der Waals surface area (Å²) >= 11 is 6.00. The van der Waals surface area contributed by atoms with Crippen molar-refractivity contribution in [1.82, 2.24) is 0 Å². The molecule has 0 aliphatic carbocycles. The predicted octanol–water partition coefficient (Wildman–Crippen LogP) is 3.98. The highest BCUT2D eigenvalue weighted by atomic mass is 35.5. The van der Waals surface area contributed by atoms with E-state index in [0.717, 1.165) is 16.8 Å². The van der Waals surface area contributed by atoms with Gasteiger partial charge >= 0.3 is 0 Å². The number of benzene rings is 2. The first-order valence-corrected chi connectivity index (χ1v) is 7.54. The molecule has 4 nitrogen and oxygen atoms in total. The van der Waals surface area contributed by atoms with Gasteiger partial charge in [-0.25, -0.2) is 0 Å². The lowest BCUT2D eigenvalue weighted by molar-refractivity contribution is -0.117. The van der Waals surface area contributed by atoms with Gasteiger partial charge in [-0.15, -0.1) is 0 Å². The van der Waals surface area contributed by atoms with Gasteiger partial charge in [-0.05, 0) is 42.5 Å². The Morgan fingerprint density at radius 3 is 2.87 bits per heavy atom. The van der Waals surface area contributed by atoms with Crippen molar-refractivity contribution in [2.45, 2.75) is 12.8 Å². The summed E-state index contributed by atoms with van der Waals surface area (Å²) in [4.78, 5) is 12.4. The molecule has 0 bridgehead atoms. The highest BCUT2D eigenvalue weighted by Crippen LogP contribution is 2.33. The van der Waals surface area contributed by atoms with E-state index in [4.69, 9.17) is 21.1 Å². The van der Waals surface area contributed by atoms with Crippen molar-refractivity contribution in [3.05, 3.63) is 65.0 Å². The van der Waals surface area contributed by atoms with Gasteiger partial charge in [0, 0.05) is 23.4 Å². The van der Waals surface area contributed by atoms with Gasteiger partial charge < -0.3 is 14.8 Å². The number of Topliss-reactive ketones (excluding diaryl/α,β-unsaturated/α-hetero) is 1. The van der Waals surface area contributed by atoms with Crippen LogP contribution in [0.1, 0.15) is 11.1 Å². The quantitative estimate of drug-likeness (QED) is 0.901. The molecule has 0 radical (unpaired) electrons. The van der Waals surface area contributed by atoms with Crippen LogP contribution in [0.3, 0.4) is 0 Å². The zero-order valence-corrected chi connectivity index (χ0v) is 13.4. The summed E-state index contributed by atoms with van der Waals surface area (Å²) in [5.74, 6) is 1.93. The maximum Gasteiger partial charge on any atom is 0.190 e. The molecule has 0 unspecified atom stereocenters. The Balaban J connectivity index is 1.72. The molecule has 0 spiro atoms. The Morgan fingerprint density at radius 1 is 1.26 bits per heavy atom. The van der Waals surface area contributed by atoms with Crippen LogP contribution in [-0.4, -0.2) is 12.9 Å². The third-order valence-electron chi connectivity index (χ3n) is 3.58. The largest absolute Gasteiger partial charge is 0.496 e. The van der Waals surface area contributed by atoms with Crippen LogP contribution in [0.25, 0.3) is 0 Å². The Hall–Kier alpha value is -2.46. The zero-order chi connectivity index (χ0) is 16.4. The van der Waals surface area contributed by atoms with E-state index in [1.165, 1.54) is 0 Å². The molecule has 1 aliphatic rings. The summed E-state index contributed by atoms with van der Waals surface area (Å²) in [6.07, 6.45) is 0.589. The van der Waals surface area contributed by atoms with Gasteiger partial charge in [-0.3, -0.25) is 4.79 Å². The minimum absolute atomic E-state index is 0.0790. The zero-order valence-electron chi connectivity index (χ0n) is 12.7. The maximum atomic E-state index is 12.4. The van der Waals surface area contributed by atoms with Crippen LogP contribution in [0.2, 0.25) is 5.02 Å². The van der Waals surface area contributed by atoms with E-state index >= 15 is 0 Å². The van der Waals surface area contributed by atoms with Gasteiger partial charge in [-0.1, -0.05) is 17.7 Å². The van der Waals surface area contributed by atoms with Crippen LogP contribution in [-0.2, 0) is 17.6 Å². The number of halogens is 1. The fourth-order valence-corrected chi connectivity index (χ4v) is 2.76. The van der Waals surface area contributed by atoms with Crippen molar-refractivity contribution >= 4 is 23.1 Å². The van der Waals surface area contributed by atoms with E-state index in [1.54, 1.807) is 25.3 Å². The predicted molar refractivity (Wildman–Crippen MR) is 90.3 cm³/mol. The molecule has 118 valence electrons. The molecule has 1 aliphatic heterocycles. The molecular weight excluding hydrogens is 314 g/mol. The van der Waals surface area contributed by atoms with Crippen LogP contribution in [0.5, 0.6) is 11.5 Å². The molecule has 0 saturated carbocycles. The van der Waals surface area contributed by atoms with E-state index in [-0.39, 0.29) is 12.2 Å². The van der Waals surface area contributed by atoms with Gasteiger partial charge in [-0.2, -0.15) is 0 Å². The molecule has 1 heterocycles.